The maximum atomic E-state index is 11.9. The number of piperidine rings is 1. The molecule has 0 aromatic rings. The Kier molecular flexibility index (Phi) is 7.99. The second kappa shape index (κ2) is 9.23. The van der Waals surface area contributed by atoms with Crippen molar-refractivity contribution in [2.45, 2.75) is 46.0 Å². The number of carbonyl (C=O) groups is 2. The van der Waals surface area contributed by atoms with Gasteiger partial charge >= 0.3 is 0 Å². The second-order valence-corrected chi connectivity index (χ2v) is 6.82. The van der Waals surface area contributed by atoms with Crippen molar-refractivity contribution >= 4 is 22.9 Å². The zero-order valence-corrected chi connectivity index (χ0v) is 13.4. The average Bonchev–Trinajstić information content (AvgIpc) is 2.44. The summed E-state index contributed by atoms with van der Waals surface area (Å²) in [6.07, 6.45) is 6.06. The fourth-order valence-electron chi connectivity index (χ4n) is 2.55. The van der Waals surface area contributed by atoms with Crippen molar-refractivity contribution in [3.05, 3.63) is 0 Å². The maximum Gasteiger partial charge on any atom is 0.293 e. The minimum absolute atomic E-state index is 0.0410. The highest BCUT2D eigenvalue weighted by atomic mass is 32.2. The van der Waals surface area contributed by atoms with E-state index in [9.17, 15) is 9.59 Å². The van der Waals surface area contributed by atoms with E-state index in [0.717, 1.165) is 49.5 Å². The second-order valence-electron chi connectivity index (χ2n) is 5.87. The van der Waals surface area contributed by atoms with Crippen LogP contribution in [0.25, 0.3) is 0 Å². The molecule has 6 heteroatoms. The Morgan fingerprint density at radius 2 is 2.00 bits per heavy atom. The average molecular weight is 301 g/mol. The Balaban J connectivity index is 2.17. The highest BCUT2D eigenvalue weighted by Gasteiger charge is 2.22. The molecular formula is C14H27N3O2S. The molecule has 0 radical (unpaired) electrons. The molecule has 116 valence electrons. The molecule has 0 bridgehead atoms. The summed E-state index contributed by atoms with van der Waals surface area (Å²) in [5.41, 5.74) is 2.02. The van der Waals surface area contributed by atoms with E-state index >= 15 is 0 Å². The van der Waals surface area contributed by atoms with Crippen molar-refractivity contribution in [1.82, 2.24) is 10.3 Å². The smallest absolute Gasteiger partial charge is 0.293 e. The Bertz CT molecular complexity index is 316. The van der Waals surface area contributed by atoms with Crippen LogP contribution in [0.3, 0.4) is 0 Å². The third-order valence-corrected chi connectivity index (χ3v) is 4.58. The minimum atomic E-state index is -0.359. The molecule has 0 aliphatic carbocycles. The van der Waals surface area contributed by atoms with E-state index in [1.807, 2.05) is 10.3 Å². The van der Waals surface area contributed by atoms with Gasteiger partial charge in [-0.15, -0.1) is 0 Å². The Labute approximate surface area is 126 Å². The lowest BCUT2D eigenvalue weighted by molar-refractivity contribution is -0.129. The van der Waals surface area contributed by atoms with Gasteiger partial charge in [0.1, 0.15) is 0 Å². The van der Waals surface area contributed by atoms with Crippen LogP contribution in [0.1, 0.15) is 46.0 Å². The standard InChI is InChI=1S/C14H27N3O2S/c1-11(2)4-3-5-12-6-8-17(9-7-12)13(18)10-20-14(19)16-15/h11-12H,3-10,15H2,1-2H3,(H,16,19). The first-order valence-electron chi connectivity index (χ1n) is 7.44. The molecule has 0 atom stereocenters. The van der Waals surface area contributed by atoms with Gasteiger partial charge in [-0.3, -0.25) is 15.0 Å². The van der Waals surface area contributed by atoms with E-state index in [-0.39, 0.29) is 16.9 Å². The van der Waals surface area contributed by atoms with Gasteiger partial charge in [0.25, 0.3) is 5.24 Å². The summed E-state index contributed by atoms with van der Waals surface area (Å²) < 4.78 is 0. The van der Waals surface area contributed by atoms with E-state index in [2.05, 4.69) is 13.8 Å². The Morgan fingerprint density at radius 1 is 1.35 bits per heavy atom. The molecule has 0 saturated carbocycles. The lowest BCUT2D eigenvalue weighted by Crippen LogP contribution is -2.40. The molecule has 1 aliphatic rings. The summed E-state index contributed by atoms with van der Waals surface area (Å²) in [5.74, 6) is 6.74. The van der Waals surface area contributed by atoms with E-state index in [0.29, 0.717) is 0 Å². The lowest BCUT2D eigenvalue weighted by Gasteiger charge is -2.32. The molecule has 0 unspecified atom stereocenters. The van der Waals surface area contributed by atoms with Crippen molar-refractivity contribution in [2.24, 2.45) is 17.7 Å². The molecule has 3 N–H and O–H groups in total. The van der Waals surface area contributed by atoms with Crippen LogP contribution in [0.5, 0.6) is 0 Å². The normalized spacial score (nSPS) is 16.5. The van der Waals surface area contributed by atoms with Crippen LogP contribution in [0.2, 0.25) is 0 Å². The van der Waals surface area contributed by atoms with Crippen molar-refractivity contribution in [1.29, 1.82) is 0 Å². The lowest BCUT2D eigenvalue weighted by atomic mass is 9.90. The van der Waals surface area contributed by atoms with Crippen molar-refractivity contribution in [2.75, 3.05) is 18.8 Å². The van der Waals surface area contributed by atoms with Gasteiger partial charge in [-0.25, -0.2) is 5.84 Å². The van der Waals surface area contributed by atoms with Crippen LogP contribution in [0.4, 0.5) is 4.79 Å². The van der Waals surface area contributed by atoms with Crippen LogP contribution in [-0.4, -0.2) is 34.9 Å². The van der Waals surface area contributed by atoms with Crippen molar-refractivity contribution in [3.63, 3.8) is 0 Å². The molecule has 0 spiro atoms. The predicted molar refractivity (Wildman–Crippen MR) is 83.2 cm³/mol. The summed E-state index contributed by atoms with van der Waals surface area (Å²) in [6, 6.07) is 0. The van der Waals surface area contributed by atoms with Gasteiger partial charge in [-0.2, -0.15) is 0 Å². The molecule has 1 heterocycles. The molecule has 1 rings (SSSR count). The largest absolute Gasteiger partial charge is 0.342 e. The van der Waals surface area contributed by atoms with Gasteiger partial charge in [0, 0.05) is 13.1 Å². The Hall–Kier alpha value is -0.750. The van der Waals surface area contributed by atoms with Crippen LogP contribution in [0, 0.1) is 11.8 Å². The number of nitrogens with two attached hydrogens (primary N) is 1. The summed E-state index contributed by atoms with van der Waals surface area (Å²) in [4.78, 5) is 24.8. The third kappa shape index (κ3) is 6.61. The monoisotopic (exact) mass is 301 g/mol. The molecule has 1 saturated heterocycles. The summed E-state index contributed by atoms with van der Waals surface area (Å²) >= 11 is 0.930. The van der Waals surface area contributed by atoms with E-state index in [4.69, 9.17) is 5.84 Å². The maximum absolute atomic E-state index is 11.9. The molecule has 0 aromatic heterocycles. The minimum Gasteiger partial charge on any atom is -0.342 e. The Morgan fingerprint density at radius 3 is 2.55 bits per heavy atom. The first-order valence-corrected chi connectivity index (χ1v) is 8.42. The zero-order valence-electron chi connectivity index (χ0n) is 12.6. The molecule has 5 nitrogen and oxygen atoms in total. The number of amides is 2. The topological polar surface area (TPSA) is 75.4 Å². The quantitative estimate of drug-likeness (QED) is 0.449. The van der Waals surface area contributed by atoms with Gasteiger partial charge in [0.05, 0.1) is 5.75 Å². The van der Waals surface area contributed by atoms with E-state index in [1.54, 1.807) is 0 Å². The van der Waals surface area contributed by atoms with Crippen LogP contribution < -0.4 is 11.3 Å². The van der Waals surface area contributed by atoms with Crippen LogP contribution in [0.15, 0.2) is 0 Å². The highest BCUT2D eigenvalue weighted by molar-refractivity contribution is 8.14. The number of hydrazine groups is 1. The van der Waals surface area contributed by atoms with E-state index in [1.165, 1.54) is 19.3 Å². The molecular weight excluding hydrogens is 274 g/mol. The molecule has 20 heavy (non-hydrogen) atoms. The molecule has 1 aliphatic heterocycles. The molecule has 0 aromatic carbocycles. The predicted octanol–water partition coefficient (Wildman–Crippen LogP) is 2.37. The molecule has 2 amide bonds. The third-order valence-electron chi connectivity index (χ3n) is 3.81. The fraction of sp³-hybridized carbons (Fsp3) is 0.857. The first kappa shape index (κ1) is 17.3. The first-order chi connectivity index (χ1) is 9.52. The van der Waals surface area contributed by atoms with Crippen LogP contribution >= 0.6 is 11.8 Å². The SMILES string of the molecule is CC(C)CCCC1CCN(C(=O)CSC(=O)NN)CC1. The summed E-state index contributed by atoms with van der Waals surface area (Å²) in [6.45, 7) is 6.18. The summed E-state index contributed by atoms with van der Waals surface area (Å²) in [7, 11) is 0. The number of nitrogens with one attached hydrogen (secondary N) is 1. The number of thioether (sulfide) groups is 1. The summed E-state index contributed by atoms with van der Waals surface area (Å²) in [5, 5.41) is -0.359. The van der Waals surface area contributed by atoms with Gasteiger partial charge in [0.2, 0.25) is 5.91 Å². The van der Waals surface area contributed by atoms with Crippen molar-refractivity contribution < 1.29 is 9.59 Å². The number of nitrogens with zero attached hydrogens (tertiary/aromatic N) is 1. The fourth-order valence-corrected chi connectivity index (χ4v) is 3.07. The highest BCUT2D eigenvalue weighted by Crippen LogP contribution is 2.24. The number of hydrogen-bond acceptors (Lipinski definition) is 4. The number of carbonyl (C=O) groups excluding carboxylic acids is 2. The van der Waals surface area contributed by atoms with Crippen LogP contribution in [-0.2, 0) is 4.79 Å². The van der Waals surface area contributed by atoms with Gasteiger partial charge in [0.15, 0.2) is 0 Å². The number of rotatable bonds is 6. The van der Waals surface area contributed by atoms with Gasteiger partial charge in [-0.1, -0.05) is 44.9 Å². The van der Waals surface area contributed by atoms with Gasteiger partial charge < -0.3 is 4.90 Å². The number of hydrogen-bond donors (Lipinski definition) is 2. The van der Waals surface area contributed by atoms with E-state index < -0.39 is 0 Å². The van der Waals surface area contributed by atoms with Crippen molar-refractivity contribution in [3.8, 4) is 0 Å². The van der Waals surface area contributed by atoms with Gasteiger partial charge in [-0.05, 0) is 24.7 Å². The zero-order chi connectivity index (χ0) is 15.0. The number of likely N-dealkylation sites (tertiary alicyclic amines) is 1. The molecule has 1 fully saturated rings.